The van der Waals surface area contributed by atoms with Crippen molar-refractivity contribution in [3.8, 4) is 0 Å². The van der Waals surface area contributed by atoms with Gasteiger partial charge >= 0.3 is 0 Å². The highest BCUT2D eigenvalue weighted by Gasteiger charge is 2.33. The molecule has 96 valence electrons. The monoisotopic (exact) mass is 232 g/mol. The maximum atomic E-state index is 9.17. The van der Waals surface area contributed by atoms with Crippen molar-refractivity contribution < 1.29 is 15.3 Å². The molecule has 6 N–H and O–H groups in total. The fourth-order valence-corrected chi connectivity index (χ4v) is 2.11. The van der Waals surface area contributed by atoms with Gasteiger partial charge in [-0.25, -0.2) is 0 Å². The minimum absolute atomic E-state index is 0.261. The van der Waals surface area contributed by atoms with Gasteiger partial charge in [-0.05, 0) is 12.8 Å². The van der Waals surface area contributed by atoms with Crippen LogP contribution in [0, 0.1) is 0 Å². The molecule has 0 aromatic rings. The molecular formula is C11H24N2O3. The molecule has 0 aliphatic heterocycles. The van der Waals surface area contributed by atoms with Gasteiger partial charge in [-0.3, -0.25) is 0 Å². The van der Waals surface area contributed by atoms with Gasteiger partial charge in [-0.2, -0.15) is 0 Å². The van der Waals surface area contributed by atoms with E-state index in [1.54, 1.807) is 0 Å². The van der Waals surface area contributed by atoms with Crippen LogP contribution in [0.3, 0.4) is 0 Å². The fraction of sp³-hybridized carbons (Fsp3) is 1.00. The van der Waals surface area contributed by atoms with Gasteiger partial charge in [0.15, 0.2) is 0 Å². The lowest BCUT2D eigenvalue weighted by atomic mass is 9.82. The summed E-state index contributed by atoms with van der Waals surface area (Å²) >= 11 is 0. The summed E-state index contributed by atoms with van der Waals surface area (Å²) in [4.78, 5) is 0. The third kappa shape index (κ3) is 3.40. The molecule has 0 unspecified atom stereocenters. The van der Waals surface area contributed by atoms with E-state index in [0.29, 0.717) is 6.54 Å². The highest BCUT2D eigenvalue weighted by atomic mass is 16.3. The van der Waals surface area contributed by atoms with E-state index in [1.165, 1.54) is 6.42 Å². The minimum Gasteiger partial charge on any atom is -0.394 e. The normalized spacial score (nSPS) is 21.0. The van der Waals surface area contributed by atoms with Crippen molar-refractivity contribution in [2.75, 3.05) is 26.4 Å². The summed E-state index contributed by atoms with van der Waals surface area (Å²) in [6.45, 7) is -0.364. The van der Waals surface area contributed by atoms with Crippen LogP contribution in [0.15, 0.2) is 0 Å². The van der Waals surface area contributed by atoms with E-state index in [-0.39, 0.29) is 25.4 Å². The van der Waals surface area contributed by atoms with Crippen molar-refractivity contribution in [3.05, 3.63) is 0 Å². The second-order valence-corrected chi connectivity index (χ2v) is 5.03. The molecular weight excluding hydrogens is 208 g/mol. The molecule has 0 heterocycles. The molecule has 1 fully saturated rings. The summed E-state index contributed by atoms with van der Waals surface area (Å²) in [7, 11) is 0. The summed E-state index contributed by atoms with van der Waals surface area (Å²) in [5.41, 5.74) is 4.95. The van der Waals surface area contributed by atoms with E-state index in [1.807, 2.05) is 0 Å². The van der Waals surface area contributed by atoms with Crippen LogP contribution in [-0.4, -0.2) is 52.8 Å². The molecule has 0 saturated heterocycles. The van der Waals surface area contributed by atoms with Crippen molar-refractivity contribution in [3.63, 3.8) is 0 Å². The Balaban J connectivity index is 2.47. The fourth-order valence-electron chi connectivity index (χ4n) is 2.11. The molecule has 0 atom stereocenters. The molecule has 1 rings (SSSR count). The number of rotatable bonds is 6. The maximum absolute atomic E-state index is 9.17. The van der Waals surface area contributed by atoms with E-state index in [2.05, 4.69) is 5.32 Å². The van der Waals surface area contributed by atoms with E-state index < -0.39 is 5.54 Å². The smallest absolute Gasteiger partial charge is 0.0882 e. The predicted molar refractivity (Wildman–Crippen MR) is 62.0 cm³/mol. The molecule has 16 heavy (non-hydrogen) atoms. The van der Waals surface area contributed by atoms with Crippen LogP contribution in [0.4, 0.5) is 0 Å². The second kappa shape index (κ2) is 5.93. The zero-order chi connectivity index (χ0) is 12.1. The van der Waals surface area contributed by atoms with E-state index in [9.17, 15) is 0 Å². The number of nitrogens with one attached hydrogen (secondary N) is 1. The van der Waals surface area contributed by atoms with Gasteiger partial charge in [0.2, 0.25) is 0 Å². The van der Waals surface area contributed by atoms with Crippen LogP contribution in [0.1, 0.15) is 32.1 Å². The minimum atomic E-state index is -1.01. The Bertz CT molecular complexity index is 193. The Labute approximate surface area is 96.7 Å². The lowest BCUT2D eigenvalue weighted by molar-refractivity contribution is 0.0368. The molecule has 5 heteroatoms. The van der Waals surface area contributed by atoms with Crippen molar-refractivity contribution >= 4 is 0 Å². The van der Waals surface area contributed by atoms with Crippen molar-refractivity contribution in [1.82, 2.24) is 5.32 Å². The zero-order valence-corrected chi connectivity index (χ0v) is 9.78. The highest BCUT2D eigenvalue weighted by molar-refractivity contribution is 4.94. The van der Waals surface area contributed by atoms with Crippen molar-refractivity contribution in [2.24, 2.45) is 5.73 Å². The van der Waals surface area contributed by atoms with Crippen LogP contribution in [0.25, 0.3) is 0 Å². The number of aliphatic hydroxyl groups excluding tert-OH is 3. The van der Waals surface area contributed by atoms with Gasteiger partial charge in [0.05, 0.1) is 25.4 Å². The Morgan fingerprint density at radius 1 is 1.00 bits per heavy atom. The van der Waals surface area contributed by atoms with Gasteiger partial charge in [0, 0.05) is 12.1 Å². The quantitative estimate of drug-likeness (QED) is 0.403. The second-order valence-electron chi connectivity index (χ2n) is 5.03. The van der Waals surface area contributed by atoms with Crippen molar-refractivity contribution in [1.29, 1.82) is 0 Å². The molecule has 1 aliphatic carbocycles. The van der Waals surface area contributed by atoms with E-state index in [0.717, 1.165) is 25.7 Å². The third-order valence-electron chi connectivity index (χ3n) is 3.57. The lowest BCUT2D eigenvalue weighted by Gasteiger charge is -2.38. The molecule has 1 saturated carbocycles. The van der Waals surface area contributed by atoms with Crippen molar-refractivity contribution in [2.45, 2.75) is 43.2 Å². The summed E-state index contributed by atoms with van der Waals surface area (Å²) < 4.78 is 0. The maximum Gasteiger partial charge on any atom is 0.0882 e. The van der Waals surface area contributed by atoms with Crippen LogP contribution in [0.2, 0.25) is 0 Å². The molecule has 0 aromatic carbocycles. The standard InChI is InChI=1S/C11H24N2O3/c12-10(4-2-1-3-5-10)6-13-11(7-14,8-15)9-16/h13-16H,1-9,12H2. The highest BCUT2D eigenvalue weighted by Crippen LogP contribution is 2.25. The topological polar surface area (TPSA) is 98.7 Å². The first kappa shape index (κ1) is 13.9. The van der Waals surface area contributed by atoms with E-state index >= 15 is 0 Å². The number of hydrogen-bond donors (Lipinski definition) is 5. The van der Waals surface area contributed by atoms with Gasteiger partial charge in [0.1, 0.15) is 0 Å². The van der Waals surface area contributed by atoms with Crippen LogP contribution in [-0.2, 0) is 0 Å². The first-order valence-electron chi connectivity index (χ1n) is 5.96. The first-order valence-corrected chi connectivity index (χ1v) is 5.96. The van der Waals surface area contributed by atoms with Gasteiger partial charge in [0.25, 0.3) is 0 Å². The molecule has 5 nitrogen and oxygen atoms in total. The summed E-state index contributed by atoms with van der Waals surface area (Å²) in [5, 5.41) is 30.5. The Hall–Kier alpha value is -0.200. The molecule has 0 spiro atoms. The number of aliphatic hydroxyl groups is 3. The van der Waals surface area contributed by atoms with Crippen LogP contribution < -0.4 is 11.1 Å². The largest absolute Gasteiger partial charge is 0.394 e. The summed E-state index contributed by atoms with van der Waals surface area (Å²) in [5.74, 6) is 0. The average molecular weight is 232 g/mol. The number of nitrogens with two attached hydrogens (primary N) is 1. The van der Waals surface area contributed by atoms with Gasteiger partial charge in [-0.1, -0.05) is 19.3 Å². The molecule has 0 radical (unpaired) electrons. The third-order valence-corrected chi connectivity index (χ3v) is 3.57. The molecule has 0 amide bonds. The predicted octanol–water partition coefficient (Wildman–Crippen LogP) is -1.05. The lowest BCUT2D eigenvalue weighted by Crippen LogP contribution is -2.61. The first-order chi connectivity index (χ1) is 7.60. The molecule has 1 aliphatic rings. The molecule has 0 aromatic heterocycles. The summed E-state index contributed by atoms with van der Waals surface area (Å²) in [6.07, 6.45) is 5.39. The van der Waals surface area contributed by atoms with Crippen LogP contribution >= 0.6 is 0 Å². The Kier molecular flexibility index (Phi) is 5.14. The van der Waals surface area contributed by atoms with E-state index in [4.69, 9.17) is 21.1 Å². The van der Waals surface area contributed by atoms with Gasteiger partial charge < -0.3 is 26.4 Å². The number of hydrogen-bond acceptors (Lipinski definition) is 5. The SMILES string of the molecule is NC1(CNC(CO)(CO)CO)CCCCC1. The Morgan fingerprint density at radius 2 is 1.50 bits per heavy atom. The van der Waals surface area contributed by atoms with Gasteiger partial charge in [-0.15, -0.1) is 0 Å². The van der Waals surface area contributed by atoms with Crippen LogP contribution in [0.5, 0.6) is 0 Å². The molecule has 0 bridgehead atoms. The Morgan fingerprint density at radius 3 is 1.94 bits per heavy atom. The summed E-state index contributed by atoms with van der Waals surface area (Å²) in [6, 6.07) is 0. The zero-order valence-electron chi connectivity index (χ0n) is 9.78. The average Bonchev–Trinajstić information content (AvgIpc) is 2.33.